The average molecular weight is 277 g/mol. The largest absolute Gasteiger partial charge is 0.347 e. The zero-order valence-electron chi connectivity index (χ0n) is 11.8. The number of nitrogens with one attached hydrogen (secondary N) is 1. The first-order valence-corrected chi connectivity index (χ1v) is 7.06. The highest BCUT2D eigenvalue weighted by atomic mass is 16.1. The Balaban J connectivity index is 1.90. The Kier molecular flexibility index (Phi) is 2.57. The van der Waals surface area contributed by atoms with Crippen molar-refractivity contribution in [1.82, 2.24) is 14.5 Å². The number of Topliss-reactive ketones (excluding diaryl/α,β-unsaturated/α-hetero) is 1. The summed E-state index contributed by atoms with van der Waals surface area (Å²) in [6, 6.07) is 8.09. The standard InChI is InChI=1S/C17H15N3O/c1-20-13-5-3-2-4-12(13)16-14(20)7-6-11(17(16)21)10-15-18-8-9-19-15/h2-5,8-10H,6-7H2,1H3,(H,18,19)/b11-10+. The molecule has 2 aromatic heterocycles. The summed E-state index contributed by atoms with van der Waals surface area (Å²) < 4.78 is 2.15. The number of para-hydroxylation sites is 1. The van der Waals surface area contributed by atoms with Gasteiger partial charge in [-0.15, -0.1) is 0 Å². The number of aromatic amines is 1. The quantitative estimate of drug-likeness (QED) is 0.695. The summed E-state index contributed by atoms with van der Waals surface area (Å²) in [5.41, 5.74) is 3.94. The zero-order chi connectivity index (χ0) is 14.4. The maximum atomic E-state index is 12.8. The molecule has 1 aliphatic carbocycles. The second-order valence-corrected chi connectivity index (χ2v) is 5.37. The number of nitrogens with zero attached hydrogens (tertiary/aromatic N) is 2. The van der Waals surface area contributed by atoms with Crippen LogP contribution in [0.25, 0.3) is 17.0 Å². The van der Waals surface area contributed by atoms with E-state index in [-0.39, 0.29) is 5.78 Å². The van der Waals surface area contributed by atoms with Crippen LogP contribution in [-0.4, -0.2) is 20.3 Å². The van der Waals surface area contributed by atoms with E-state index in [1.54, 1.807) is 12.4 Å². The first-order chi connectivity index (χ1) is 10.3. The molecule has 1 N–H and O–H groups in total. The third kappa shape index (κ3) is 1.76. The fraction of sp³-hybridized carbons (Fsp3) is 0.176. The van der Waals surface area contributed by atoms with Crippen LogP contribution in [-0.2, 0) is 13.5 Å². The maximum Gasteiger partial charge on any atom is 0.191 e. The second kappa shape index (κ2) is 4.45. The van der Waals surface area contributed by atoms with Crippen molar-refractivity contribution >= 4 is 22.8 Å². The van der Waals surface area contributed by atoms with Crippen molar-refractivity contribution < 1.29 is 4.79 Å². The Morgan fingerprint density at radius 3 is 2.95 bits per heavy atom. The SMILES string of the molecule is Cn1c2c(c3ccccc31)C(=O)/C(=C/c1ncc[nH]1)CC2. The van der Waals surface area contributed by atoms with Gasteiger partial charge in [-0.2, -0.15) is 0 Å². The number of imidazole rings is 1. The summed E-state index contributed by atoms with van der Waals surface area (Å²) in [5.74, 6) is 0.867. The second-order valence-electron chi connectivity index (χ2n) is 5.37. The van der Waals surface area contributed by atoms with Gasteiger partial charge in [-0.05, 0) is 25.0 Å². The van der Waals surface area contributed by atoms with Gasteiger partial charge in [0.25, 0.3) is 0 Å². The number of fused-ring (bicyclic) bond motifs is 3. The van der Waals surface area contributed by atoms with E-state index in [1.807, 2.05) is 31.3 Å². The van der Waals surface area contributed by atoms with E-state index in [4.69, 9.17) is 0 Å². The number of allylic oxidation sites excluding steroid dienone is 1. The summed E-state index contributed by atoms with van der Waals surface area (Å²) >= 11 is 0. The predicted octanol–water partition coefficient (Wildman–Crippen LogP) is 3.11. The molecule has 0 aliphatic heterocycles. The molecule has 0 bridgehead atoms. The molecule has 1 aromatic carbocycles. The lowest BCUT2D eigenvalue weighted by atomic mass is 9.89. The Hall–Kier alpha value is -2.62. The summed E-state index contributed by atoms with van der Waals surface area (Å²) in [7, 11) is 2.04. The van der Waals surface area contributed by atoms with Crippen molar-refractivity contribution in [2.45, 2.75) is 12.8 Å². The first-order valence-electron chi connectivity index (χ1n) is 7.06. The molecule has 0 atom stereocenters. The van der Waals surface area contributed by atoms with E-state index in [0.29, 0.717) is 0 Å². The van der Waals surface area contributed by atoms with Gasteiger partial charge in [0.1, 0.15) is 5.82 Å². The van der Waals surface area contributed by atoms with Gasteiger partial charge in [0.05, 0.1) is 5.56 Å². The van der Waals surface area contributed by atoms with Gasteiger partial charge in [-0.25, -0.2) is 4.98 Å². The third-order valence-corrected chi connectivity index (χ3v) is 4.21. The van der Waals surface area contributed by atoms with Crippen LogP contribution in [0.15, 0.2) is 42.2 Å². The fourth-order valence-corrected chi connectivity index (χ4v) is 3.18. The highest BCUT2D eigenvalue weighted by Gasteiger charge is 2.27. The Bertz CT molecular complexity index is 869. The first kappa shape index (κ1) is 12.1. The lowest BCUT2D eigenvalue weighted by Gasteiger charge is -2.15. The molecule has 0 saturated heterocycles. The van der Waals surface area contributed by atoms with Gasteiger partial charge in [0.2, 0.25) is 0 Å². The number of hydrogen-bond acceptors (Lipinski definition) is 2. The molecular weight excluding hydrogens is 262 g/mol. The molecule has 0 unspecified atom stereocenters. The number of carbonyl (C=O) groups excluding carboxylic acids is 1. The van der Waals surface area contributed by atoms with E-state index in [9.17, 15) is 4.79 Å². The molecule has 0 fully saturated rings. The summed E-state index contributed by atoms with van der Waals surface area (Å²) in [6.07, 6.45) is 6.98. The smallest absolute Gasteiger partial charge is 0.191 e. The van der Waals surface area contributed by atoms with Crippen LogP contribution in [0.1, 0.15) is 28.3 Å². The van der Waals surface area contributed by atoms with E-state index >= 15 is 0 Å². The van der Waals surface area contributed by atoms with Gasteiger partial charge in [0, 0.05) is 41.6 Å². The number of ketones is 1. The molecule has 4 rings (SSSR count). The molecule has 3 aromatic rings. The van der Waals surface area contributed by atoms with Crippen molar-refractivity contribution in [1.29, 1.82) is 0 Å². The molecule has 0 radical (unpaired) electrons. The van der Waals surface area contributed by atoms with Gasteiger partial charge in [-0.1, -0.05) is 18.2 Å². The monoisotopic (exact) mass is 277 g/mol. The normalized spacial score (nSPS) is 16.6. The average Bonchev–Trinajstić information content (AvgIpc) is 3.10. The number of aromatic nitrogens is 3. The number of rotatable bonds is 1. The molecule has 104 valence electrons. The van der Waals surface area contributed by atoms with Gasteiger partial charge in [-0.3, -0.25) is 4.79 Å². The topological polar surface area (TPSA) is 50.7 Å². The molecule has 4 heteroatoms. The van der Waals surface area contributed by atoms with Crippen LogP contribution in [0.2, 0.25) is 0 Å². The van der Waals surface area contributed by atoms with Crippen LogP contribution in [0, 0.1) is 0 Å². The maximum absolute atomic E-state index is 12.8. The molecular formula is C17H15N3O. The number of carbonyl (C=O) groups is 1. The van der Waals surface area contributed by atoms with E-state index in [1.165, 1.54) is 0 Å². The summed E-state index contributed by atoms with van der Waals surface area (Å²) in [4.78, 5) is 20.1. The number of benzene rings is 1. The van der Waals surface area contributed by atoms with Crippen molar-refractivity contribution in [3.63, 3.8) is 0 Å². The number of aryl methyl sites for hydroxylation is 1. The predicted molar refractivity (Wildman–Crippen MR) is 82.1 cm³/mol. The molecule has 4 nitrogen and oxygen atoms in total. The minimum atomic E-state index is 0.129. The van der Waals surface area contributed by atoms with Crippen LogP contribution < -0.4 is 0 Å². The molecule has 2 heterocycles. The third-order valence-electron chi connectivity index (χ3n) is 4.21. The lowest BCUT2D eigenvalue weighted by molar-refractivity contribution is 0.102. The van der Waals surface area contributed by atoms with Crippen molar-refractivity contribution in [2.24, 2.45) is 7.05 Å². The van der Waals surface area contributed by atoms with Crippen LogP contribution in [0.4, 0.5) is 0 Å². The lowest BCUT2D eigenvalue weighted by Crippen LogP contribution is -2.15. The van der Waals surface area contributed by atoms with Crippen LogP contribution in [0.5, 0.6) is 0 Å². The minimum Gasteiger partial charge on any atom is -0.347 e. The van der Waals surface area contributed by atoms with Crippen molar-refractivity contribution in [3.05, 3.63) is 59.3 Å². The number of H-pyrrole nitrogens is 1. The fourth-order valence-electron chi connectivity index (χ4n) is 3.18. The molecule has 21 heavy (non-hydrogen) atoms. The van der Waals surface area contributed by atoms with E-state index in [2.05, 4.69) is 20.6 Å². The molecule has 1 aliphatic rings. The molecule has 0 spiro atoms. The van der Waals surface area contributed by atoms with Crippen molar-refractivity contribution in [2.75, 3.05) is 0 Å². The Morgan fingerprint density at radius 2 is 2.14 bits per heavy atom. The van der Waals surface area contributed by atoms with Crippen LogP contribution >= 0.6 is 0 Å². The van der Waals surface area contributed by atoms with Gasteiger partial charge in [0.15, 0.2) is 5.78 Å². The van der Waals surface area contributed by atoms with Crippen molar-refractivity contribution in [3.8, 4) is 0 Å². The van der Waals surface area contributed by atoms with E-state index < -0.39 is 0 Å². The van der Waals surface area contributed by atoms with Crippen LogP contribution in [0.3, 0.4) is 0 Å². The summed E-state index contributed by atoms with van der Waals surface area (Å²) in [6.45, 7) is 0. The minimum absolute atomic E-state index is 0.129. The molecule has 0 amide bonds. The molecule has 0 saturated carbocycles. The van der Waals surface area contributed by atoms with E-state index in [0.717, 1.165) is 46.4 Å². The summed E-state index contributed by atoms with van der Waals surface area (Å²) in [5, 5.41) is 1.05. The highest BCUT2D eigenvalue weighted by Crippen LogP contribution is 2.33. The Labute approximate surface area is 122 Å². The zero-order valence-corrected chi connectivity index (χ0v) is 11.8. The number of hydrogen-bond donors (Lipinski definition) is 1. The Morgan fingerprint density at radius 1 is 1.29 bits per heavy atom. The van der Waals surface area contributed by atoms with Gasteiger partial charge < -0.3 is 9.55 Å². The van der Waals surface area contributed by atoms with Gasteiger partial charge >= 0.3 is 0 Å². The highest BCUT2D eigenvalue weighted by molar-refractivity contribution is 6.19.